The van der Waals surface area contributed by atoms with E-state index in [1.165, 1.54) is 0 Å². The fraction of sp³-hybridized carbons (Fsp3) is 0.667. The summed E-state index contributed by atoms with van der Waals surface area (Å²) in [6.07, 6.45) is 6.36. The molecule has 15 heavy (non-hydrogen) atoms. The van der Waals surface area contributed by atoms with Crippen LogP contribution in [0.4, 0.5) is 0 Å². The van der Waals surface area contributed by atoms with Crippen molar-refractivity contribution >= 4 is 11.8 Å². The highest BCUT2D eigenvalue weighted by atomic mass is 16.5. The van der Waals surface area contributed by atoms with Gasteiger partial charge in [0.25, 0.3) is 0 Å². The molecule has 0 aromatic heterocycles. The van der Waals surface area contributed by atoms with Gasteiger partial charge >= 0.3 is 5.97 Å². The van der Waals surface area contributed by atoms with Crippen molar-refractivity contribution in [3.8, 4) is 0 Å². The number of allylic oxidation sites excluding steroid dienone is 2. The van der Waals surface area contributed by atoms with Crippen LogP contribution in [-0.4, -0.2) is 18.4 Å². The Morgan fingerprint density at radius 1 is 1.53 bits per heavy atom. The first kappa shape index (κ1) is 10.4. The van der Waals surface area contributed by atoms with Crippen LogP contribution in [0.5, 0.6) is 0 Å². The lowest BCUT2D eigenvalue weighted by atomic mass is 9.94. The van der Waals surface area contributed by atoms with Crippen molar-refractivity contribution in [3.05, 3.63) is 12.2 Å². The summed E-state index contributed by atoms with van der Waals surface area (Å²) >= 11 is 0. The molecular formula is C12H16O3. The maximum Gasteiger partial charge on any atom is 0.310 e. The van der Waals surface area contributed by atoms with Gasteiger partial charge in [-0.25, -0.2) is 0 Å². The van der Waals surface area contributed by atoms with Crippen LogP contribution in [-0.2, 0) is 14.3 Å². The highest BCUT2D eigenvalue weighted by Crippen LogP contribution is 2.41. The number of fused-ring (bicyclic) bond motifs is 2. The Morgan fingerprint density at radius 2 is 2.33 bits per heavy atom. The molecule has 3 unspecified atom stereocenters. The molecule has 1 saturated carbocycles. The molecule has 2 aliphatic carbocycles. The second-order valence-electron chi connectivity index (χ2n) is 4.28. The van der Waals surface area contributed by atoms with E-state index in [0.717, 1.165) is 12.8 Å². The fourth-order valence-corrected chi connectivity index (χ4v) is 2.30. The summed E-state index contributed by atoms with van der Waals surface area (Å²) in [6.45, 7) is 2.54. The summed E-state index contributed by atoms with van der Waals surface area (Å²) in [6, 6.07) is 0. The Labute approximate surface area is 89.5 Å². The van der Waals surface area contributed by atoms with E-state index < -0.39 is 0 Å². The van der Waals surface area contributed by atoms with E-state index in [1.807, 2.05) is 12.2 Å². The van der Waals surface area contributed by atoms with Gasteiger partial charge in [0.2, 0.25) is 0 Å². The van der Waals surface area contributed by atoms with Crippen LogP contribution in [0.1, 0.15) is 26.2 Å². The number of carbonyl (C=O) groups is 2. The molecule has 0 saturated heterocycles. The molecule has 0 spiro atoms. The number of ketones is 1. The summed E-state index contributed by atoms with van der Waals surface area (Å²) in [5, 5.41) is 0. The van der Waals surface area contributed by atoms with Crippen LogP contribution in [0, 0.1) is 17.8 Å². The van der Waals surface area contributed by atoms with Crippen LogP contribution in [0.15, 0.2) is 12.2 Å². The molecule has 1 fully saturated rings. The van der Waals surface area contributed by atoms with Gasteiger partial charge in [0, 0.05) is 11.8 Å². The molecule has 3 heteroatoms. The SMILES string of the molecule is CCCCOC(=O)C1CC2C=CC1C2=O. The van der Waals surface area contributed by atoms with E-state index in [2.05, 4.69) is 6.92 Å². The molecule has 0 heterocycles. The number of unbranched alkanes of at least 4 members (excludes halogenated alkanes) is 1. The molecule has 2 bridgehead atoms. The predicted octanol–water partition coefficient (Wildman–Crippen LogP) is 1.72. The standard InChI is InChI=1S/C12H16O3/c1-2-3-6-15-12(14)10-7-8-4-5-9(10)11(8)13/h4-5,8-10H,2-3,6-7H2,1H3. The molecule has 0 aromatic rings. The number of hydrogen-bond donors (Lipinski definition) is 0. The molecule has 2 aliphatic rings. The van der Waals surface area contributed by atoms with Crippen LogP contribution in [0.3, 0.4) is 0 Å². The van der Waals surface area contributed by atoms with Crippen molar-refractivity contribution < 1.29 is 14.3 Å². The van der Waals surface area contributed by atoms with E-state index >= 15 is 0 Å². The molecular weight excluding hydrogens is 192 g/mol. The molecule has 0 aliphatic heterocycles. The van der Waals surface area contributed by atoms with Gasteiger partial charge in [-0.2, -0.15) is 0 Å². The van der Waals surface area contributed by atoms with Gasteiger partial charge in [-0.3, -0.25) is 9.59 Å². The summed E-state index contributed by atoms with van der Waals surface area (Å²) in [5.74, 6) is -0.395. The van der Waals surface area contributed by atoms with E-state index in [-0.39, 0.29) is 29.5 Å². The minimum absolute atomic E-state index is 0.0151. The third kappa shape index (κ3) is 1.83. The van der Waals surface area contributed by atoms with E-state index in [1.54, 1.807) is 0 Å². The number of rotatable bonds is 4. The maximum absolute atomic E-state index is 11.6. The van der Waals surface area contributed by atoms with Gasteiger partial charge in [0.05, 0.1) is 12.5 Å². The van der Waals surface area contributed by atoms with Gasteiger partial charge in [-0.05, 0) is 12.8 Å². The monoisotopic (exact) mass is 208 g/mol. The van der Waals surface area contributed by atoms with E-state index in [4.69, 9.17) is 4.74 Å². The Bertz CT molecular complexity index is 306. The van der Waals surface area contributed by atoms with Crippen molar-refractivity contribution in [3.63, 3.8) is 0 Å². The Balaban J connectivity index is 1.88. The second kappa shape index (κ2) is 4.17. The number of ether oxygens (including phenoxy) is 1. The third-order valence-corrected chi connectivity index (χ3v) is 3.23. The molecule has 0 amide bonds. The van der Waals surface area contributed by atoms with Crippen LogP contribution in [0.25, 0.3) is 0 Å². The fourth-order valence-electron chi connectivity index (χ4n) is 2.30. The topological polar surface area (TPSA) is 43.4 Å². The first-order chi connectivity index (χ1) is 7.24. The number of esters is 1. The van der Waals surface area contributed by atoms with Gasteiger partial charge in [-0.15, -0.1) is 0 Å². The van der Waals surface area contributed by atoms with E-state index in [9.17, 15) is 9.59 Å². The summed E-state index contributed by atoms with van der Waals surface area (Å²) < 4.78 is 5.14. The summed E-state index contributed by atoms with van der Waals surface area (Å²) in [7, 11) is 0. The highest BCUT2D eigenvalue weighted by molar-refractivity contribution is 5.96. The summed E-state index contributed by atoms with van der Waals surface area (Å²) in [4.78, 5) is 23.2. The molecule has 3 atom stereocenters. The van der Waals surface area contributed by atoms with E-state index in [0.29, 0.717) is 13.0 Å². The minimum atomic E-state index is -0.204. The predicted molar refractivity (Wildman–Crippen MR) is 55.1 cm³/mol. The lowest BCUT2D eigenvalue weighted by Gasteiger charge is -2.15. The zero-order chi connectivity index (χ0) is 10.8. The van der Waals surface area contributed by atoms with Gasteiger partial charge in [-0.1, -0.05) is 25.5 Å². The lowest BCUT2D eigenvalue weighted by molar-refractivity contribution is -0.150. The number of carbonyl (C=O) groups excluding carboxylic acids is 2. The summed E-state index contributed by atoms with van der Waals surface area (Å²) in [5.41, 5.74) is 0. The van der Waals surface area contributed by atoms with Gasteiger partial charge < -0.3 is 4.74 Å². The number of hydrogen-bond acceptors (Lipinski definition) is 3. The maximum atomic E-state index is 11.6. The molecule has 0 aromatic carbocycles. The smallest absolute Gasteiger partial charge is 0.310 e. The Hall–Kier alpha value is -1.12. The van der Waals surface area contributed by atoms with Crippen molar-refractivity contribution in [2.75, 3.05) is 6.61 Å². The minimum Gasteiger partial charge on any atom is -0.465 e. The van der Waals surface area contributed by atoms with Gasteiger partial charge in [0.1, 0.15) is 5.78 Å². The van der Waals surface area contributed by atoms with Crippen LogP contribution >= 0.6 is 0 Å². The Kier molecular flexibility index (Phi) is 2.89. The lowest BCUT2D eigenvalue weighted by Crippen LogP contribution is -2.23. The average molecular weight is 208 g/mol. The van der Waals surface area contributed by atoms with Crippen molar-refractivity contribution in [1.82, 2.24) is 0 Å². The molecule has 3 nitrogen and oxygen atoms in total. The van der Waals surface area contributed by atoms with Crippen LogP contribution in [0.2, 0.25) is 0 Å². The Morgan fingerprint density at radius 3 is 2.87 bits per heavy atom. The van der Waals surface area contributed by atoms with Crippen molar-refractivity contribution in [2.24, 2.45) is 17.8 Å². The molecule has 82 valence electrons. The molecule has 0 radical (unpaired) electrons. The van der Waals surface area contributed by atoms with Crippen molar-refractivity contribution in [2.45, 2.75) is 26.2 Å². The molecule has 2 rings (SSSR count). The van der Waals surface area contributed by atoms with Crippen molar-refractivity contribution in [1.29, 1.82) is 0 Å². The zero-order valence-electron chi connectivity index (χ0n) is 8.94. The van der Waals surface area contributed by atoms with Crippen LogP contribution < -0.4 is 0 Å². The average Bonchev–Trinajstić information content (AvgIpc) is 2.74. The normalized spacial score (nSPS) is 32.3. The quantitative estimate of drug-likeness (QED) is 0.401. The highest BCUT2D eigenvalue weighted by Gasteiger charge is 2.47. The van der Waals surface area contributed by atoms with Gasteiger partial charge in [0.15, 0.2) is 0 Å². The first-order valence-electron chi connectivity index (χ1n) is 5.62. The number of Topliss-reactive ketones (excluding diaryl/α,β-unsaturated/α-hetero) is 1. The first-order valence-corrected chi connectivity index (χ1v) is 5.62. The largest absolute Gasteiger partial charge is 0.465 e. The zero-order valence-corrected chi connectivity index (χ0v) is 8.94. The second-order valence-corrected chi connectivity index (χ2v) is 4.28. The molecule has 0 N–H and O–H groups in total. The third-order valence-electron chi connectivity index (χ3n) is 3.23.